The third-order valence-electron chi connectivity index (χ3n) is 2.08. The monoisotopic (exact) mass is 217 g/mol. The molecule has 0 fully saturated rings. The molecule has 0 aromatic rings. The van der Waals surface area contributed by atoms with Gasteiger partial charge in [0.25, 0.3) is 0 Å². The summed E-state index contributed by atoms with van der Waals surface area (Å²) in [6.07, 6.45) is 8.78. The van der Waals surface area contributed by atoms with Gasteiger partial charge in [0.15, 0.2) is 0 Å². The van der Waals surface area contributed by atoms with Crippen molar-refractivity contribution in [3.63, 3.8) is 0 Å². The molecule has 14 heavy (non-hydrogen) atoms. The number of ether oxygens (including phenoxy) is 1. The fourth-order valence-corrected chi connectivity index (χ4v) is 1.33. The molecule has 0 aromatic carbocycles. The maximum Gasteiger partial charge on any atom is 0.322 e. The first-order valence-corrected chi connectivity index (χ1v) is 4.40. The first-order valence-electron chi connectivity index (χ1n) is 4.40. The Bertz CT molecular complexity index is 249. The van der Waals surface area contributed by atoms with E-state index in [1.165, 1.54) is 12.7 Å². The Morgan fingerprint density at radius 3 is 2.86 bits per heavy atom. The van der Waals surface area contributed by atoms with Crippen LogP contribution in [-0.2, 0) is 9.53 Å². The molecular formula is C10H16ClNO2. The lowest BCUT2D eigenvalue weighted by Crippen LogP contribution is -2.31. The average Bonchev–Trinajstić information content (AvgIpc) is 2.18. The molecular weight excluding hydrogens is 202 g/mol. The van der Waals surface area contributed by atoms with Gasteiger partial charge in [-0.05, 0) is 19.3 Å². The Kier molecular flexibility index (Phi) is 6.25. The Morgan fingerprint density at radius 2 is 2.36 bits per heavy atom. The van der Waals surface area contributed by atoms with Crippen LogP contribution in [0.15, 0.2) is 23.8 Å². The molecule has 0 spiro atoms. The second-order valence-electron chi connectivity index (χ2n) is 3.11. The van der Waals surface area contributed by atoms with Crippen molar-refractivity contribution >= 4 is 18.4 Å². The number of allylic oxidation sites excluding steroid dienone is 3. The lowest BCUT2D eigenvalue weighted by molar-refractivity contribution is -0.142. The zero-order valence-corrected chi connectivity index (χ0v) is 9.05. The van der Waals surface area contributed by atoms with Gasteiger partial charge in [0.05, 0.1) is 7.11 Å². The second-order valence-corrected chi connectivity index (χ2v) is 3.11. The minimum atomic E-state index is -0.511. The Hall–Kier alpha value is -0.800. The van der Waals surface area contributed by atoms with Gasteiger partial charge in [-0.3, -0.25) is 4.79 Å². The largest absolute Gasteiger partial charge is 0.468 e. The van der Waals surface area contributed by atoms with E-state index in [0.717, 1.165) is 12.8 Å². The summed E-state index contributed by atoms with van der Waals surface area (Å²) in [6, 6.07) is -0.511. The van der Waals surface area contributed by atoms with E-state index in [1.54, 1.807) is 0 Å². The number of hydrogen-bond acceptors (Lipinski definition) is 3. The standard InChI is InChI=1S/C10H15NO2.ClH/c1-13-10(12)9(11)7-8-5-3-2-4-6-8;/h2-3,6,9H,4-5,7,11H2,1H3;1H/t9-;/m0./s1. The van der Waals surface area contributed by atoms with Gasteiger partial charge in [-0.1, -0.05) is 23.8 Å². The molecule has 0 aliphatic heterocycles. The molecule has 0 unspecified atom stereocenters. The topological polar surface area (TPSA) is 52.3 Å². The van der Waals surface area contributed by atoms with Crippen LogP contribution in [0.2, 0.25) is 0 Å². The van der Waals surface area contributed by atoms with Crippen LogP contribution in [0.3, 0.4) is 0 Å². The van der Waals surface area contributed by atoms with Crippen LogP contribution in [0.25, 0.3) is 0 Å². The zero-order chi connectivity index (χ0) is 9.68. The number of methoxy groups -OCH3 is 1. The fourth-order valence-electron chi connectivity index (χ4n) is 1.33. The lowest BCUT2D eigenvalue weighted by atomic mass is 9.99. The Morgan fingerprint density at radius 1 is 1.64 bits per heavy atom. The highest BCUT2D eigenvalue weighted by molar-refractivity contribution is 5.85. The van der Waals surface area contributed by atoms with Crippen LogP contribution in [0.1, 0.15) is 19.3 Å². The van der Waals surface area contributed by atoms with E-state index >= 15 is 0 Å². The molecule has 0 radical (unpaired) electrons. The molecule has 1 atom stereocenters. The van der Waals surface area contributed by atoms with E-state index in [2.05, 4.69) is 23.0 Å². The molecule has 1 rings (SSSR count). The summed E-state index contributed by atoms with van der Waals surface area (Å²) in [5, 5.41) is 0. The third kappa shape index (κ3) is 3.94. The van der Waals surface area contributed by atoms with Gasteiger partial charge in [-0.2, -0.15) is 0 Å². The molecule has 2 N–H and O–H groups in total. The maximum atomic E-state index is 11.0. The number of carbonyl (C=O) groups is 1. The Labute approximate surface area is 90.4 Å². The SMILES string of the molecule is COC(=O)[C@@H](N)CC1=CCC=CC1.Cl. The number of nitrogens with two attached hydrogens (primary N) is 1. The van der Waals surface area contributed by atoms with Crippen molar-refractivity contribution in [3.8, 4) is 0 Å². The molecule has 1 aliphatic carbocycles. The molecule has 0 saturated carbocycles. The minimum Gasteiger partial charge on any atom is -0.468 e. The molecule has 0 saturated heterocycles. The molecule has 0 amide bonds. The van der Waals surface area contributed by atoms with Crippen molar-refractivity contribution in [2.24, 2.45) is 5.73 Å². The van der Waals surface area contributed by atoms with Gasteiger partial charge >= 0.3 is 5.97 Å². The number of rotatable bonds is 3. The quantitative estimate of drug-likeness (QED) is 0.577. The summed E-state index contributed by atoms with van der Waals surface area (Å²) >= 11 is 0. The highest BCUT2D eigenvalue weighted by Gasteiger charge is 2.15. The smallest absolute Gasteiger partial charge is 0.322 e. The van der Waals surface area contributed by atoms with E-state index in [-0.39, 0.29) is 18.4 Å². The third-order valence-corrected chi connectivity index (χ3v) is 2.08. The molecule has 1 aliphatic rings. The lowest BCUT2D eigenvalue weighted by Gasteiger charge is -2.12. The van der Waals surface area contributed by atoms with E-state index in [4.69, 9.17) is 5.73 Å². The van der Waals surface area contributed by atoms with Gasteiger partial charge in [-0.25, -0.2) is 0 Å². The second kappa shape index (κ2) is 6.62. The average molecular weight is 218 g/mol. The molecule has 3 nitrogen and oxygen atoms in total. The van der Waals surface area contributed by atoms with Gasteiger partial charge in [0.2, 0.25) is 0 Å². The van der Waals surface area contributed by atoms with Crippen molar-refractivity contribution in [1.29, 1.82) is 0 Å². The van der Waals surface area contributed by atoms with Crippen molar-refractivity contribution in [3.05, 3.63) is 23.8 Å². The predicted molar refractivity (Wildman–Crippen MR) is 58.3 cm³/mol. The van der Waals surface area contributed by atoms with Crippen LogP contribution in [-0.4, -0.2) is 19.1 Å². The number of hydrogen-bond donors (Lipinski definition) is 1. The van der Waals surface area contributed by atoms with Gasteiger partial charge in [-0.15, -0.1) is 12.4 Å². The summed E-state index contributed by atoms with van der Waals surface area (Å²) in [5.74, 6) is -0.338. The summed E-state index contributed by atoms with van der Waals surface area (Å²) in [6.45, 7) is 0. The summed E-state index contributed by atoms with van der Waals surface area (Å²) in [7, 11) is 1.36. The number of carbonyl (C=O) groups excluding carboxylic acids is 1. The predicted octanol–water partition coefficient (Wildman–Crippen LogP) is 1.57. The molecule has 0 bridgehead atoms. The van der Waals surface area contributed by atoms with E-state index in [1.807, 2.05) is 0 Å². The summed E-state index contributed by atoms with van der Waals surface area (Å²) < 4.78 is 4.54. The first-order chi connectivity index (χ1) is 6.24. The molecule has 80 valence electrons. The molecule has 4 heteroatoms. The number of halogens is 1. The van der Waals surface area contributed by atoms with Crippen LogP contribution in [0.5, 0.6) is 0 Å². The highest BCUT2D eigenvalue weighted by Crippen LogP contribution is 2.15. The van der Waals surface area contributed by atoms with Crippen molar-refractivity contribution < 1.29 is 9.53 Å². The zero-order valence-electron chi connectivity index (χ0n) is 8.23. The number of esters is 1. The van der Waals surface area contributed by atoms with Crippen molar-refractivity contribution in [2.75, 3.05) is 7.11 Å². The van der Waals surface area contributed by atoms with E-state index < -0.39 is 6.04 Å². The summed E-state index contributed by atoms with van der Waals surface area (Å²) in [4.78, 5) is 11.0. The van der Waals surface area contributed by atoms with E-state index in [9.17, 15) is 4.79 Å². The highest BCUT2D eigenvalue weighted by atomic mass is 35.5. The van der Waals surface area contributed by atoms with Gasteiger partial charge in [0, 0.05) is 0 Å². The fraction of sp³-hybridized carbons (Fsp3) is 0.500. The molecule has 0 aromatic heterocycles. The van der Waals surface area contributed by atoms with E-state index in [0.29, 0.717) is 6.42 Å². The maximum absolute atomic E-state index is 11.0. The van der Waals surface area contributed by atoms with Crippen molar-refractivity contribution in [1.82, 2.24) is 0 Å². The van der Waals surface area contributed by atoms with Crippen LogP contribution in [0.4, 0.5) is 0 Å². The van der Waals surface area contributed by atoms with Gasteiger partial charge < -0.3 is 10.5 Å². The summed E-state index contributed by atoms with van der Waals surface area (Å²) in [5.41, 5.74) is 6.84. The van der Waals surface area contributed by atoms with Crippen LogP contribution >= 0.6 is 12.4 Å². The van der Waals surface area contributed by atoms with Crippen molar-refractivity contribution in [2.45, 2.75) is 25.3 Å². The van der Waals surface area contributed by atoms with Crippen LogP contribution < -0.4 is 5.73 Å². The molecule has 0 heterocycles. The van der Waals surface area contributed by atoms with Gasteiger partial charge in [0.1, 0.15) is 6.04 Å². The van der Waals surface area contributed by atoms with Crippen LogP contribution in [0, 0.1) is 0 Å². The Balaban J connectivity index is 0.00000169. The first kappa shape index (κ1) is 13.2. The minimum absolute atomic E-state index is 0. The normalized spacial score (nSPS) is 16.6.